The molecule has 25 heavy (non-hydrogen) atoms. The zero-order chi connectivity index (χ0) is 18.4. The largest absolute Gasteiger partial charge is 0.382 e. The number of benzene rings is 1. The zero-order valence-corrected chi connectivity index (χ0v) is 15.7. The summed E-state index contributed by atoms with van der Waals surface area (Å²) < 4.78 is 0. The molecule has 0 bridgehead atoms. The van der Waals surface area contributed by atoms with E-state index in [9.17, 15) is 10.1 Å². The van der Waals surface area contributed by atoms with Crippen molar-refractivity contribution < 1.29 is 4.92 Å². The summed E-state index contributed by atoms with van der Waals surface area (Å²) in [6.45, 7) is 9.67. The Morgan fingerprint density at radius 1 is 1.36 bits per heavy atom. The first kappa shape index (κ1) is 19.4. The van der Waals surface area contributed by atoms with Crippen LogP contribution in [0.15, 0.2) is 24.4 Å². The van der Waals surface area contributed by atoms with Gasteiger partial charge in [-0.2, -0.15) is 0 Å². The van der Waals surface area contributed by atoms with E-state index in [1.165, 1.54) is 12.1 Å². The zero-order valence-electron chi connectivity index (χ0n) is 15.0. The molecule has 1 atom stereocenters. The lowest BCUT2D eigenvalue weighted by Gasteiger charge is -2.20. The third kappa shape index (κ3) is 5.03. The molecule has 0 saturated carbocycles. The molecule has 136 valence electrons. The third-order valence-electron chi connectivity index (χ3n) is 4.40. The highest BCUT2D eigenvalue weighted by molar-refractivity contribution is 6.35. The summed E-state index contributed by atoms with van der Waals surface area (Å²) in [5.74, 6) is 0. The minimum atomic E-state index is -0.435. The van der Waals surface area contributed by atoms with Gasteiger partial charge in [0.15, 0.2) is 0 Å². The molecule has 1 unspecified atom stereocenters. The fourth-order valence-electron chi connectivity index (χ4n) is 2.93. The van der Waals surface area contributed by atoms with Crippen molar-refractivity contribution in [3.8, 4) is 0 Å². The number of aromatic nitrogens is 1. The fourth-order valence-corrected chi connectivity index (χ4v) is 3.19. The number of nitrogens with one attached hydrogen (secondary N) is 1. The molecule has 1 aromatic heterocycles. The Hall–Kier alpha value is -1.92. The maximum Gasteiger partial charge on any atom is 0.271 e. The second-order valence-electron chi connectivity index (χ2n) is 6.15. The quantitative estimate of drug-likeness (QED) is 0.515. The van der Waals surface area contributed by atoms with E-state index in [-0.39, 0.29) is 11.7 Å². The van der Waals surface area contributed by atoms with Crippen LogP contribution in [0.5, 0.6) is 0 Å². The Balaban J connectivity index is 2.13. The van der Waals surface area contributed by atoms with E-state index in [1.807, 2.05) is 6.07 Å². The predicted octanol–water partition coefficient (Wildman–Crippen LogP) is 4.72. The third-order valence-corrected chi connectivity index (χ3v) is 4.69. The molecular weight excluding hydrogens is 340 g/mol. The molecule has 0 fully saturated rings. The van der Waals surface area contributed by atoms with Crippen LogP contribution in [0.1, 0.15) is 33.6 Å². The van der Waals surface area contributed by atoms with Gasteiger partial charge in [0.05, 0.1) is 15.5 Å². The average molecular weight is 365 g/mol. The van der Waals surface area contributed by atoms with Gasteiger partial charge in [0.25, 0.3) is 5.69 Å². The van der Waals surface area contributed by atoms with Crippen molar-refractivity contribution in [1.82, 2.24) is 9.88 Å². The SMILES string of the molecule is CCN(CC)CCCC(C)Nc1ccnc2c(Cl)cc([N+](=O)[O-])cc12. The Labute approximate surface area is 153 Å². The monoisotopic (exact) mass is 364 g/mol. The molecule has 7 heteroatoms. The van der Waals surface area contributed by atoms with Crippen LogP contribution in [0.3, 0.4) is 0 Å². The first-order valence-electron chi connectivity index (χ1n) is 8.67. The van der Waals surface area contributed by atoms with Gasteiger partial charge in [-0.25, -0.2) is 0 Å². The normalized spacial score (nSPS) is 12.5. The van der Waals surface area contributed by atoms with Crippen molar-refractivity contribution in [3.63, 3.8) is 0 Å². The highest BCUT2D eigenvalue weighted by Crippen LogP contribution is 2.32. The molecule has 1 N–H and O–H groups in total. The molecule has 0 spiro atoms. The number of fused-ring (bicyclic) bond motifs is 1. The van der Waals surface area contributed by atoms with Crippen molar-refractivity contribution in [2.75, 3.05) is 25.0 Å². The lowest BCUT2D eigenvalue weighted by atomic mass is 10.1. The van der Waals surface area contributed by atoms with Gasteiger partial charge < -0.3 is 10.2 Å². The highest BCUT2D eigenvalue weighted by atomic mass is 35.5. The number of rotatable bonds is 9. The molecule has 1 aromatic carbocycles. The molecule has 0 aliphatic heterocycles. The van der Waals surface area contributed by atoms with Crippen LogP contribution in [0, 0.1) is 10.1 Å². The molecule has 0 aliphatic rings. The summed E-state index contributed by atoms with van der Waals surface area (Å²) in [5.41, 5.74) is 1.38. The first-order chi connectivity index (χ1) is 12.0. The van der Waals surface area contributed by atoms with Gasteiger partial charge >= 0.3 is 0 Å². The summed E-state index contributed by atoms with van der Waals surface area (Å²) in [6.07, 6.45) is 3.79. The van der Waals surface area contributed by atoms with E-state index in [2.05, 4.69) is 36.0 Å². The van der Waals surface area contributed by atoms with Gasteiger partial charge in [0.1, 0.15) is 0 Å². The van der Waals surface area contributed by atoms with Gasteiger partial charge in [0.2, 0.25) is 0 Å². The number of anilines is 1. The number of hydrogen-bond donors (Lipinski definition) is 1. The first-order valence-corrected chi connectivity index (χ1v) is 9.05. The minimum absolute atomic E-state index is 0.0252. The standard InChI is InChI=1S/C18H25ClN4O2/c1-4-22(5-2)10-6-7-13(3)21-17-8-9-20-18-15(17)11-14(23(24)25)12-16(18)19/h8-9,11-13H,4-7,10H2,1-3H3,(H,20,21). The summed E-state index contributed by atoms with van der Waals surface area (Å²) in [7, 11) is 0. The van der Waals surface area contributed by atoms with E-state index in [1.54, 1.807) is 6.20 Å². The number of nitro benzene ring substituents is 1. The molecule has 0 saturated heterocycles. The van der Waals surface area contributed by atoms with E-state index < -0.39 is 4.92 Å². The second-order valence-corrected chi connectivity index (χ2v) is 6.56. The predicted molar refractivity (Wildman–Crippen MR) is 104 cm³/mol. The Morgan fingerprint density at radius 2 is 2.08 bits per heavy atom. The molecule has 0 aliphatic carbocycles. The lowest BCUT2D eigenvalue weighted by molar-refractivity contribution is -0.384. The Morgan fingerprint density at radius 3 is 2.72 bits per heavy atom. The molecular formula is C18H25ClN4O2. The molecule has 2 rings (SSSR count). The van der Waals surface area contributed by atoms with Gasteiger partial charge in [-0.05, 0) is 45.5 Å². The van der Waals surface area contributed by atoms with Crippen LogP contribution in [-0.2, 0) is 0 Å². The topological polar surface area (TPSA) is 71.3 Å². The van der Waals surface area contributed by atoms with Crippen LogP contribution in [0.4, 0.5) is 11.4 Å². The molecule has 6 nitrogen and oxygen atoms in total. The van der Waals surface area contributed by atoms with Crippen molar-refractivity contribution >= 4 is 33.9 Å². The number of non-ortho nitro benzene ring substituents is 1. The van der Waals surface area contributed by atoms with Crippen LogP contribution < -0.4 is 5.32 Å². The Kier molecular flexibility index (Phi) is 6.96. The van der Waals surface area contributed by atoms with Crippen molar-refractivity contribution in [3.05, 3.63) is 39.5 Å². The average Bonchev–Trinajstić information content (AvgIpc) is 2.59. The van der Waals surface area contributed by atoms with Crippen LogP contribution >= 0.6 is 11.6 Å². The number of nitrogens with zero attached hydrogens (tertiary/aromatic N) is 3. The van der Waals surface area contributed by atoms with Gasteiger partial charge in [-0.15, -0.1) is 0 Å². The van der Waals surface area contributed by atoms with Gasteiger partial charge in [0, 0.05) is 35.4 Å². The van der Waals surface area contributed by atoms with Gasteiger partial charge in [-0.1, -0.05) is 25.4 Å². The lowest BCUT2D eigenvalue weighted by Crippen LogP contribution is -2.25. The van der Waals surface area contributed by atoms with Crippen LogP contribution in [-0.4, -0.2) is 40.5 Å². The van der Waals surface area contributed by atoms with Gasteiger partial charge in [-0.3, -0.25) is 15.1 Å². The minimum Gasteiger partial charge on any atom is -0.382 e. The number of nitro groups is 1. The summed E-state index contributed by atoms with van der Waals surface area (Å²) in [6, 6.07) is 4.95. The maximum atomic E-state index is 11.1. The number of pyridine rings is 1. The van der Waals surface area contributed by atoms with E-state index >= 15 is 0 Å². The smallest absolute Gasteiger partial charge is 0.271 e. The summed E-state index contributed by atoms with van der Waals surface area (Å²) in [5, 5.41) is 15.5. The van der Waals surface area contributed by atoms with Crippen molar-refractivity contribution in [1.29, 1.82) is 0 Å². The summed E-state index contributed by atoms with van der Waals surface area (Å²) in [4.78, 5) is 17.3. The molecule has 1 heterocycles. The van der Waals surface area contributed by atoms with Crippen LogP contribution in [0.25, 0.3) is 10.9 Å². The maximum absolute atomic E-state index is 11.1. The second kappa shape index (κ2) is 8.97. The molecule has 0 radical (unpaired) electrons. The fraction of sp³-hybridized carbons (Fsp3) is 0.500. The molecule has 0 amide bonds. The summed E-state index contributed by atoms with van der Waals surface area (Å²) >= 11 is 6.16. The number of hydrogen-bond acceptors (Lipinski definition) is 5. The number of halogens is 1. The highest BCUT2D eigenvalue weighted by Gasteiger charge is 2.15. The van der Waals surface area contributed by atoms with E-state index in [0.717, 1.165) is 38.2 Å². The Bertz CT molecular complexity index is 734. The molecule has 2 aromatic rings. The van der Waals surface area contributed by atoms with E-state index in [0.29, 0.717) is 15.9 Å². The van der Waals surface area contributed by atoms with Crippen molar-refractivity contribution in [2.45, 2.75) is 39.7 Å². The van der Waals surface area contributed by atoms with E-state index in [4.69, 9.17) is 11.6 Å². The van der Waals surface area contributed by atoms with Crippen LogP contribution in [0.2, 0.25) is 5.02 Å². The van der Waals surface area contributed by atoms with Crippen molar-refractivity contribution in [2.24, 2.45) is 0 Å².